The molecule has 130 valence electrons. The van der Waals surface area contributed by atoms with Gasteiger partial charge in [-0.05, 0) is 37.1 Å². The maximum Gasteiger partial charge on any atom is 0.181 e. The molecular formula is C19H22N4O2. The van der Waals surface area contributed by atoms with Crippen molar-refractivity contribution in [1.29, 1.82) is 0 Å². The largest absolute Gasteiger partial charge is 0.493 e. The van der Waals surface area contributed by atoms with Gasteiger partial charge in [-0.1, -0.05) is 30.3 Å². The second kappa shape index (κ2) is 7.81. The van der Waals surface area contributed by atoms with Crippen molar-refractivity contribution in [3.05, 3.63) is 59.9 Å². The van der Waals surface area contributed by atoms with Crippen LogP contribution in [0.5, 0.6) is 11.5 Å². The molecular weight excluding hydrogens is 316 g/mol. The van der Waals surface area contributed by atoms with Gasteiger partial charge >= 0.3 is 0 Å². The normalized spacial score (nSPS) is 12.0. The first-order valence-electron chi connectivity index (χ1n) is 8.24. The Kier molecular flexibility index (Phi) is 5.30. The van der Waals surface area contributed by atoms with Crippen LogP contribution in [-0.2, 0) is 6.42 Å². The first-order valence-corrected chi connectivity index (χ1v) is 8.24. The van der Waals surface area contributed by atoms with Gasteiger partial charge in [0.2, 0.25) is 0 Å². The highest BCUT2D eigenvalue weighted by molar-refractivity contribution is 5.60. The fourth-order valence-electron chi connectivity index (χ4n) is 2.62. The Morgan fingerprint density at radius 3 is 2.64 bits per heavy atom. The van der Waals surface area contributed by atoms with Gasteiger partial charge < -0.3 is 15.2 Å². The molecule has 0 radical (unpaired) electrons. The van der Waals surface area contributed by atoms with Gasteiger partial charge in [-0.3, -0.25) is 5.10 Å². The molecule has 3 N–H and O–H groups in total. The first kappa shape index (κ1) is 17.0. The molecule has 2 aromatic carbocycles. The van der Waals surface area contributed by atoms with Crippen LogP contribution in [0.1, 0.15) is 24.4 Å². The number of ether oxygens (including phenoxy) is 2. The van der Waals surface area contributed by atoms with Crippen molar-refractivity contribution in [1.82, 2.24) is 15.2 Å². The van der Waals surface area contributed by atoms with Crippen LogP contribution >= 0.6 is 0 Å². The number of hydrogen-bond acceptors (Lipinski definition) is 5. The molecule has 0 bridgehead atoms. The topological polar surface area (TPSA) is 86.0 Å². The van der Waals surface area contributed by atoms with Crippen LogP contribution in [0.25, 0.3) is 11.4 Å². The van der Waals surface area contributed by atoms with Crippen molar-refractivity contribution in [2.24, 2.45) is 5.73 Å². The Bertz CT molecular complexity index is 817. The summed E-state index contributed by atoms with van der Waals surface area (Å²) in [4.78, 5) is 4.54. The number of aromatic nitrogens is 3. The van der Waals surface area contributed by atoms with Crippen LogP contribution in [0.3, 0.4) is 0 Å². The zero-order valence-corrected chi connectivity index (χ0v) is 14.4. The van der Waals surface area contributed by atoms with Crippen LogP contribution < -0.4 is 15.2 Å². The Balaban J connectivity index is 1.79. The maximum absolute atomic E-state index is 6.26. The molecule has 0 aliphatic rings. The van der Waals surface area contributed by atoms with Gasteiger partial charge in [0.15, 0.2) is 17.3 Å². The lowest BCUT2D eigenvalue weighted by Crippen LogP contribution is -2.15. The lowest BCUT2D eigenvalue weighted by molar-refractivity contribution is 0.311. The number of nitrogens with two attached hydrogens (primary N) is 1. The zero-order chi connectivity index (χ0) is 17.6. The van der Waals surface area contributed by atoms with Gasteiger partial charge in [0.1, 0.15) is 5.82 Å². The second-order valence-corrected chi connectivity index (χ2v) is 5.64. The molecule has 0 fully saturated rings. The third-order valence-corrected chi connectivity index (χ3v) is 3.87. The minimum Gasteiger partial charge on any atom is -0.493 e. The van der Waals surface area contributed by atoms with Crippen molar-refractivity contribution in [3.63, 3.8) is 0 Å². The molecule has 0 amide bonds. The number of H-pyrrole nitrogens is 1. The minimum atomic E-state index is -0.242. The van der Waals surface area contributed by atoms with E-state index in [1.165, 1.54) is 0 Å². The predicted octanol–water partition coefficient (Wildman–Crippen LogP) is 3.12. The van der Waals surface area contributed by atoms with Crippen LogP contribution in [0.4, 0.5) is 0 Å². The smallest absolute Gasteiger partial charge is 0.181 e. The van der Waals surface area contributed by atoms with Gasteiger partial charge in [0, 0.05) is 5.56 Å². The van der Waals surface area contributed by atoms with Crippen molar-refractivity contribution in [3.8, 4) is 22.9 Å². The first-order chi connectivity index (χ1) is 12.2. The number of aromatic amines is 1. The molecule has 6 nitrogen and oxygen atoms in total. The molecule has 0 unspecified atom stereocenters. The SMILES string of the molecule is CCOc1ccc(-c2n[nH]c([C@H](N)Cc3ccccc3)n2)cc1OC. The molecule has 1 aromatic heterocycles. The molecule has 25 heavy (non-hydrogen) atoms. The van der Waals surface area contributed by atoms with E-state index < -0.39 is 0 Å². The number of methoxy groups -OCH3 is 1. The molecule has 0 spiro atoms. The van der Waals surface area contributed by atoms with E-state index in [1.807, 2.05) is 43.3 Å². The molecule has 0 saturated carbocycles. The van der Waals surface area contributed by atoms with E-state index in [-0.39, 0.29) is 6.04 Å². The van der Waals surface area contributed by atoms with Gasteiger partial charge in [-0.25, -0.2) is 4.98 Å². The highest BCUT2D eigenvalue weighted by Gasteiger charge is 2.15. The summed E-state index contributed by atoms with van der Waals surface area (Å²) in [5.41, 5.74) is 8.26. The quantitative estimate of drug-likeness (QED) is 0.691. The monoisotopic (exact) mass is 338 g/mol. The lowest BCUT2D eigenvalue weighted by atomic mass is 10.1. The summed E-state index contributed by atoms with van der Waals surface area (Å²) in [5.74, 6) is 2.59. The summed E-state index contributed by atoms with van der Waals surface area (Å²) in [6.45, 7) is 2.51. The Morgan fingerprint density at radius 1 is 1.12 bits per heavy atom. The maximum atomic E-state index is 6.26. The highest BCUT2D eigenvalue weighted by Crippen LogP contribution is 2.31. The molecule has 0 aliphatic heterocycles. The lowest BCUT2D eigenvalue weighted by Gasteiger charge is -2.10. The zero-order valence-electron chi connectivity index (χ0n) is 14.4. The Labute approximate surface area is 147 Å². The van der Waals surface area contributed by atoms with Crippen molar-refractivity contribution < 1.29 is 9.47 Å². The van der Waals surface area contributed by atoms with Crippen LogP contribution in [0, 0.1) is 0 Å². The molecule has 0 saturated heterocycles. The molecule has 1 heterocycles. The van der Waals surface area contributed by atoms with Crippen LogP contribution in [-0.4, -0.2) is 28.9 Å². The third kappa shape index (κ3) is 3.97. The average molecular weight is 338 g/mol. The predicted molar refractivity (Wildman–Crippen MR) is 96.6 cm³/mol. The Morgan fingerprint density at radius 2 is 1.92 bits per heavy atom. The fraction of sp³-hybridized carbons (Fsp3) is 0.263. The van der Waals surface area contributed by atoms with E-state index >= 15 is 0 Å². The minimum absolute atomic E-state index is 0.242. The third-order valence-electron chi connectivity index (χ3n) is 3.87. The molecule has 3 rings (SSSR count). The van der Waals surface area contributed by atoms with E-state index in [1.54, 1.807) is 7.11 Å². The van der Waals surface area contributed by atoms with Crippen molar-refractivity contribution in [2.45, 2.75) is 19.4 Å². The molecule has 0 aliphatic carbocycles. The summed E-state index contributed by atoms with van der Waals surface area (Å²) in [7, 11) is 1.61. The molecule has 6 heteroatoms. The summed E-state index contributed by atoms with van der Waals surface area (Å²) >= 11 is 0. The number of nitrogens with zero attached hydrogens (tertiary/aromatic N) is 2. The Hall–Kier alpha value is -2.86. The molecule has 3 aromatic rings. The summed E-state index contributed by atoms with van der Waals surface area (Å²) in [6, 6.07) is 15.5. The number of benzene rings is 2. The number of nitrogens with one attached hydrogen (secondary N) is 1. The highest BCUT2D eigenvalue weighted by atomic mass is 16.5. The van der Waals surface area contributed by atoms with Crippen molar-refractivity contribution >= 4 is 0 Å². The summed E-state index contributed by atoms with van der Waals surface area (Å²) in [6.07, 6.45) is 0.697. The fourth-order valence-corrected chi connectivity index (χ4v) is 2.62. The summed E-state index contributed by atoms with van der Waals surface area (Å²) < 4.78 is 10.9. The number of rotatable bonds is 7. The van der Waals surface area contributed by atoms with Gasteiger partial charge in [0.25, 0.3) is 0 Å². The second-order valence-electron chi connectivity index (χ2n) is 5.64. The number of hydrogen-bond donors (Lipinski definition) is 2. The van der Waals surface area contributed by atoms with Crippen molar-refractivity contribution in [2.75, 3.05) is 13.7 Å². The van der Waals surface area contributed by atoms with E-state index in [0.717, 1.165) is 11.1 Å². The van der Waals surface area contributed by atoms with Crippen LogP contribution in [0.15, 0.2) is 48.5 Å². The summed E-state index contributed by atoms with van der Waals surface area (Å²) in [5, 5.41) is 7.23. The van der Waals surface area contributed by atoms with Crippen LogP contribution in [0.2, 0.25) is 0 Å². The van der Waals surface area contributed by atoms with Gasteiger partial charge in [-0.2, -0.15) is 5.10 Å². The van der Waals surface area contributed by atoms with E-state index in [9.17, 15) is 0 Å². The molecule has 1 atom stereocenters. The average Bonchev–Trinajstić information content (AvgIpc) is 3.13. The van der Waals surface area contributed by atoms with Gasteiger partial charge in [0.05, 0.1) is 19.8 Å². The van der Waals surface area contributed by atoms with E-state index in [4.69, 9.17) is 15.2 Å². The van der Waals surface area contributed by atoms with Gasteiger partial charge in [-0.15, -0.1) is 0 Å². The van der Waals surface area contributed by atoms with E-state index in [0.29, 0.717) is 36.2 Å². The van der Waals surface area contributed by atoms with E-state index in [2.05, 4.69) is 27.3 Å². The standard InChI is InChI=1S/C19H22N4O2/c1-3-25-16-10-9-14(12-17(16)24-2)18-21-19(23-22-18)15(20)11-13-7-5-4-6-8-13/h4-10,12,15H,3,11,20H2,1-2H3,(H,21,22,23)/t15-/m1/s1.